The van der Waals surface area contributed by atoms with E-state index in [0.29, 0.717) is 12.4 Å². The second-order valence-corrected chi connectivity index (χ2v) is 5.63. The largest absolute Gasteiger partial charge is 0.497 e. The number of methoxy groups -OCH3 is 1. The van der Waals surface area contributed by atoms with Crippen molar-refractivity contribution in [2.45, 2.75) is 19.3 Å². The van der Waals surface area contributed by atoms with Crippen molar-refractivity contribution in [1.29, 1.82) is 0 Å². The lowest BCUT2D eigenvalue weighted by Gasteiger charge is -2.17. The van der Waals surface area contributed by atoms with Gasteiger partial charge in [-0.3, -0.25) is 10.2 Å². The van der Waals surface area contributed by atoms with E-state index in [4.69, 9.17) is 20.1 Å². The molecule has 0 aliphatic heterocycles. The highest BCUT2D eigenvalue weighted by molar-refractivity contribution is 5.85. The molecule has 0 fully saturated rings. The van der Waals surface area contributed by atoms with Crippen LogP contribution in [-0.4, -0.2) is 31.8 Å². The van der Waals surface area contributed by atoms with Gasteiger partial charge in [0.15, 0.2) is 0 Å². The van der Waals surface area contributed by atoms with Crippen LogP contribution in [0.25, 0.3) is 0 Å². The predicted octanol–water partition coefficient (Wildman–Crippen LogP) is 1.50. The van der Waals surface area contributed by atoms with Crippen LogP contribution < -0.4 is 21.3 Å². The van der Waals surface area contributed by atoms with Crippen LogP contribution in [0.1, 0.15) is 11.1 Å². The molecule has 0 spiro atoms. The number of hydrazine groups is 1. The molecule has 4 N–H and O–H groups in total. The molecule has 2 amide bonds. The quantitative estimate of drug-likeness (QED) is 0.349. The zero-order valence-electron chi connectivity index (χ0n) is 15.0. The maximum Gasteiger partial charge on any atom is 0.408 e. The van der Waals surface area contributed by atoms with Gasteiger partial charge in [-0.25, -0.2) is 10.6 Å². The second kappa shape index (κ2) is 10.8. The van der Waals surface area contributed by atoms with Crippen LogP contribution in [0.15, 0.2) is 54.6 Å². The first kappa shape index (κ1) is 20.2. The van der Waals surface area contributed by atoms with Crippen LogP contribution in [0, 0.1) is 0 Å². The smallest absolute Gasteiger partial charge is 0.408 e. The number of carbonyl (C=O) groups excluding carboxylic acids is 2. The number of hydrogen-bond donors (Lipinski definition) is 3. The molecule has 27 heavy (non-hydrogen) atoms. The molecule has 8 heteroatoms. The van der Waals surface area contributed by atoms with Gasteiger partial charge in [0.05, 0.1) is 20.3 Å². The molecule has 2 aromatic rings. The number of hydrogen-bond acceptors (Lipinski definition) is 6. The summed E-state index contributed by atoms with van der Waals surface area (Å²) < 4.78 is 15.7. The van der Waals surface area contributed by atoms with Gasteiger partial charge >= 0.3 is 6.09 Å². The fraction of sp³-hybridized carbons (Fsp3) is 0.263. The summed E-state index contributed by atoms with van der Waals surface area (Å²) in [5.41, 5.74) is 3.74. The molecule has 0 saturated carbocycles. The first-order valence-electron chi connectivity index (χ1n) is 8.30. The van der Waals surface area contributed by atoms with E-state index in [2.05, 4.69) is 5.32 Å². The van der Waals surface area contributed by atoms with E-state index in [1.54, 1.807) is 31.4 Å². The van der Waals surface area contributed by atoms with E-state index in [1.165, 1.54) is 0 Å². The number of benzene rings is 2. The first-order valence-corrected chi connectivity index (χ1v) is 8.30. The number of nitrogens with one attached hydrogen (secondary N) is 2. The molecule has 0 heterocycles. The van der Waals surface area contributed by atoms with Gasteiger partial charge < -0.3 is 19.5 Å². The Labute approximate surface area is 157 Å². The van der Waals surface area contributed by atoms with Crippen LogP contribution in [0.5, 0.6) is 5.75 Å². The second-order valence-electron chi connectivity index (χ2n) is 5.63. The van der Waals surface area contributed by atoms with Gasteiger partial charge in [0, 0.05) is 0 Å². The number of ether oxygens (including phenoxy) is 3. The average molecular weight is 373 g/mol. The molecule has 8 nitrogen and oxygen atoms in total. The molecule has 0 radical (unpaired) electrons. The third-order valence-corrected chi connectivity index (χ3v) is 3.68. The van der Waals surface area contributed by atoms with Gasteiger partial charge in [-0.1, -0.05) is 42.5 Å². The van der Waals surface area contributed by atoms with Gasteiger partial charge in [-0.05, 0) is 23.3 Å². The van der Waals surface area contributed by atoms with Crippen molar-refractivity contribution >= 4 is 12.0 Å². The van der Waals surface area contributed by atoms with Crippen LogP contribution in [0.2, 0.25) is 0 Å². The highest BCUT2D eigenvalue weighted by atomic mass is 16.5. The van der Waals surface area contributed by atoms with Crippen molar-refractivity contribution in [2.75, 3.05) is 13.7 Å². The molecular weight excluding hydrogens is 350 g/mol. The summed E-state index contributed by atoms with van der Waals surface area (Å²) in [5.74, 6) is 5.29. The summed E-state index contributed by atoms with van der Waals surface area (Å²) in [5, 5.41) is 2.44. The summed E-state index contributed by atoms with van der Waals surface area (Å²) >= 11 is 0. The van der Waals surface area contributed by atoms with Crippen molar-refractivity contribution < 1.29 is 23.8 Å². The Morgan fingerprint density at radius 3 is 2.30 bits per heavy atom. The topological polar surface area (TPSA) is 112 Å². The van der Waals surface area contributed by atoms with Gasteiger partial charge in [-0.2, -0.15) is 0 Å². The number of nitrogens with two attached hydrogens (primary N) is 1. The lowest BCUT2D eigenvalue weighted by atomic mass is 10.2. The van der Waals surface area contributed by atoms with E-state index in [1.807, 2.05) is 35.8 Å². The SMILES string of the molecule is COc1ccc(COC(=O)NC(COCc2ccccc2)C(=O)NN)cc1. The maximum atomic E-state index is 12.0. The Balaban J connectivity index is 1.80. The Hall–Kier alpha value is -3.10. The van der Waals surface area contributed by atoms with Crippen molar-refractivity contribution in [3.63, 3.8) is 0 Å². The van der Waals surface area contributed by atoms with Crippen LogP contribution in [0.3, 0.4) is 0 Å². The summed E-state index contributed by atoms with van der Waals surface area (Å²) in [7, 11) is 1.57. The predicted molar refractivity (Wildman–Crippen MR) is 98.5 cm³/mol. The summed E-state index contributed by atoms with van der Waals surface area (Å²) in [6, 6.07) is 15.6. The van der Waals surface area contributed by atoms with E-state index >= 15 is 0 Å². The Morgan fingerprint density at radius 1 is 1.00 bits per heavy atom. The summed E-state index contributed by atoms with van der Waals surface area (Å²) in [6.45, 7) is 0.311. The summed E-state index contributed by atoms with van der Waals surface area (Å²) in [4.78, 5) is 23.8. The first-order chi connectivity index (χ1) is 13.1. The molecule has 0 bridgehead atoms. The standard InChI is InChI=1S/C19H23N3O5/c1-25-16-9-7-15(8-10-16)12-27-19(24)21-17(18(23)22-20)13-26-11-14-5-3-2-4-6-14/h2-10,17H,11-13,20H2,1H3,(H,21,24)(H,22,23). The lowest BCUT2D eigenvalue weighted by molar-refractivity contribution is -0.124. The molecule has 0 aromatic heterocycles. The molecule has 0 saturated heterocycles. The minimum atomic E-state index is -0.970. The monoisotopic (exact) mass is 373 g/mol. The molecular formula is C19H23N3O5. The Morgan fingerprint density at radius 2 is 1.67 bits per heavy atom. The maximum absolute atomic E-state index is 12.0. The van der Waals surface area contributed by atoms with Gasteiger partial charge in [0.2, 0.25) is 0 Å². The normalized spacial score (nSPS) is 11.3. The number of rotatable bonds is 9. The van der Waals surface area contributed by atoms with Crippen molar-refractivity contribution in [2.24, 2.45) is 5.84 Å². The fourth-order valence-electron chi connectivity index (χ4n) is 2.21. The highest BCUT2D eigenvalue weighted by Crippen LogP contribution is 2.12. The van der Waals surface area contributed by atoms with Gasteiger partial charge in [-0.15, -0.1) is 0 Å². The highest BCUT2D eigenvalue weighted by Gasteiger charge is 2.21. The van der Waals surface area contributed by atoms with Crippen LogP contribution in [0.4, 0.5) is 4.79 Å². The average Bonchev–Trinajstić information content (AvgIpc) is 2.72. The van der Waals surface area contributed by atoms with E-state index in [9.17, 15) is 9.59 Å². The number of amides is 2. The lowest BCUT2D eigenvalue weighted by Crippen LogP contribution is -2.51. The molecule has 2 aromatic carbocycles. The fourth-order valence-corrected chi connectivity index (χ4v) is 2.21. The minimum absolute atomic E-state index is 0.0461. The Kier molecular flexibility index (Phi) is 8.08. The zero-order chi connectivity index (χ0) is 19.5. The van der Waals surface area contributed by atoms with Crippen molar-refractivity contribution in [3.05, 3.63) is 65.7 Å². The van der Waals surface area contributed by atoms with Crippen molar-refractivity contribution in [3.8, 4) is 5.75 Å². The molecule has 144 valence electrons. The van der Waals surface area contributed by atoms with Gasteiger partial charge in [0.25, 0.3) is 5.91 Å². The Bertz CT molecular complexity index is 722. The zero-order valence-corrected chi connectivity index (χ0v) is 15.0. The molecule has 0 aliphatic rings. The van der Waals surface area contributed by atoms with E-state index < -0.39 is 18.0 Å². The number of alkyl carbamates (subject to hydrolysis) is 1. The third-order valence-electron chi connectivity index (χ3n) is 3.68. The van der Waals surface area contributed by atoms with Gasteiger partial charge in [0.1, 0.15) is 18.4 Å². The molecule has 0 aliphatic carbocycles. The third kappa shape index (κ3) is 6.96. The molecule has 1 atom stereocenters. The summed E-state index contributed by atoms with van der Waals surface area (Å²) in [6.07, 6.45) is -0.747. The minimum Gasteiger partial charge on any atom is -0.497 e. The molecule has 1 unspecified atom stereocenters. The molecule has 2 rings (SSSR count). The van der Waals surface area contributed by atoms with E-state index in [-0.39, 0.29) is 13.2 Å². The van der Waals surface area contributed by atoms with Crippen molar-refractivity contribution in [1.82, 2.24) is 10.7 Å². The number of carbonyl (C=O) groups is 2. The van der Waals surface area contributed by atoms with E-state index in [0.717, 1.165) is 11.1 Å². The van der Waals surface area contributed by atoms with Crippen LogP contribution >= 0.6 is 0 Å². The van der Waals surface area contributed by atoms with Crippen LogP contribution in [-0.2, 0) is 27.5 Å².